The minimum absolute atomic E-state index is 0.507. The molecule has 0 spiro atoms. The standard InChI is InChI=1S/C10H12N2/c1-7-3-4-9(5-11)8(2)10(7)6-12/h3-4H,6,12H2,1-2H3. The van der Waals surface area contributed by atoms with E-state index in [2.05, 4.69) is 6.07 Å². The Kier molecular flexibility index (Phi) is 2.47. The minimum atomic E-state index is 0.507. The fraction of sp³-hybridized carbons (Fsp3) is 0.300. The van der Waals surface area contributed by atoms with Crippen LogP contribution >= 0.6 is 0 Å². The largest absolute Gasteiger partial charge is 0.326 e. The Hall–Kier alpha value is -1.33. The molecule has 1 aromatic carbocycles. The van der Waals surface area contributed by atoms with Crippen LogP contribution in [-0.2, 0) is 6.54 Å². The molecule has 1 aromatic rings. The average Bonchev–Trinajstić information content (AvgIpc) is 2.06. The highest BCUT2D eigenvalue weighted by molar-refractivity contribution is 5.45. The van der Waals surface area contributed by atoms with Crippen LogP contribution in [0.25, 0.3) is 0 Å². The van der Waals surface area contributed by atoms with Crippen LogP contribution in [0, 0.1) is 25.2 Å². The SMILES string of the molecule is Cc1ccc(C#N)c(C)c1CN. The van der Waals surface area contributed by atoms with Gasteiger partial charge in [-0.2, -0.15) is 5.26 Å². The first-order chi connectivity index (χ1) is 5.70. The van der Waals surface area contributed by atoms with E-state index in [-0.39, 0.29) is 0 Å². The molecule has 1 rings (SSSR count). The molecule has 0 aliphatic rings. The maximum Gasteiger partial charge on any atom is 0.0994 e. The highest BCUT2D eigenvalue weighted by Gasteiger charge is 2.04. The molecule has 0 bridgehead atoms. The van der Waals surface area contributed by atoms with E-state index in [1.165, 1.54) is 0 Å². The third-order valence-electron chi connectivity index (χ3n) is 2.16. The van der Waals surface area contributed by atoms with Gasteiger partial charge in [0.05, 0.1) is 11.6 Å². The number of hydrogen-bond acceptors (Lipinski definition) is 2. The summed E-state index contributed by atoms with van der Waals surface area (Å²) in [4.78, 5) is 0. The number of hydrogen-bond donors (Lipinski definition) is 1. The second-order valence-corrected chi connectivity index (χ2v) is 2.85. The summed E-state index contributed by atoms with van der Waals surface area (Å²) in [6, 6.07) is 5.92. The highest BCUT2D eigenvalue weighted by atomic mass is 14.5. The Morgan fingerprint density at radius 2 is 2.08 bits per heavy atom. The van der Waals surface area contributed by atoms with E-state index in [4.69, 9.17) is 11.0 Å². The van der Waals surface area contributed by atoms with Gasteiger partial charge >= 0.3 is 0 Å². The van der Waals surface area contributed by atoms with Crippen molar-refractivity contribution in [3.63, 3.8) is 0 Å². The summed E-state index contributed by atoms with van der Waals surface area (Å²) < 4.78 is 0. The molecule has 0 amide bonds. The van der Waals surface area contributed by atoms with Crippen molar-refractivity contribution in [3.8, 4) is 6.07 Å². The molecule has 0 aliphatic heterocycles. The lowest BCUT2D eigenvalue weighted by atomic mass is 9.98. The van der Waals surface area contributed by atoms with Gasteiger partial charge in [0, 0.05) is 6.54 Å². The molecule has 0 heterocycles. The Bertz CT molecular complexity index is 334. The second kappa shape index (κ2) is 3.38. The molecule has 2 heteroatoms. The van der Waals surface area contributed by atoms with Gasteiger partial charge in [-0.1, -0.05) is 6.07 Å². The number of nitrogens with two attached hydrogens (primary N) is 1. The summed E-state index contributed by atoms with van der Waals surface area (Å²) in [6.07, 6.45) is 0. The third kappa shape index (κ3) is 1.32. The molecule has 0 fully saturated rings. The van der Waals surface area contributed by atoms with Gasteiger partial charge in [-0.15, -0.1) is 0 Å². The number of aryl methyl sites for hydroxylation is 1. The molecule has 2 nitrogen and oxygen atoms in total. The summed E-state index contributed by atoms with van der Waals surface area (Å²) >= 11 is 0. The van der Waals surface area contributed by atoms with E-state index >= 15 is 0 Å². The van der Waals surface area contributed by atoms with E-state index < -0.39 is 0 Å². The lowest BCUT2D eigenvalue weighted by Crippen LogP contribution is -2.03. The van der Waals surface area contributed by atoms with Crippen LogP contribution in [0.1, 0.15) is 22.3 Å². The van der Waals surface area contributed by atoms with Gasteiger partial charge in [-0.25, -0.2) is 0 Å². The van der Waals surface area contributed by atoms with Crippen molar-refractivity contribution in [2.45, 2.75) is 20.4 Å². The van der Waals surface area contributed by atoms with Crippen molar-refractivity contribution >= 4 is 0 Å². The quantitative estimate of drug-likeness (QED) is 0.678. The van der Waals surface area contributed by atoms with Gasteiger partial charge in [-0.3, -0.25) is 0 Å². The Morgan fingerprint density at radius 1 is 1.42 bits per heavy atom. The Balaban J connectivity index is 3.36. The zero-order valence-electron chi connectivity index (χ0n) is 7.39. The summed E-state index contributed by atoms with van der Waals surface area (Å²) in [5.41, 5.74) is 9.56. The normalized spacial score (nSPS) is 9.50. The summed E-state index contributed by atoms with van der Waals surface area (Å²) in [5, 5.41) is 8.74. The molecule has 0 atom stereocenters. The molecule has 0 aromatic heterocycles. The van der Waals surface area contributed by atoms with Crippen LogP contribution < -0.4 is 5.73 Å². The molecule has 0 unspecified atom stereocenters. The molecule has 0 saturated carbocycles. The zero-order chi connectivity index (χ0) is 9.14. The molecule has 0 saturated heterocycles. The first-order valence-corrected chi connectivity index (χ1v) is 3.90. The molecule has 2 N–H and O–H groups in total. The first kappa shape index (κ1) is 8.76. The van der Waals surface area contributed by atoms with Gasteiger partial charge in [-0.05, 0) is 36.6 Å². The average molecular weight is 160 g/mol. The molecule has 0 radical (unpaired) electrons. The van der Waals surface area contributed by atoms with Crippen molar-refractivity contribution < 1.29 is 0 Å². The summed E-state index contributed by atoms with van der Waals surface area (Å²) in [6.45, 7) is 4.46. The predicted molar refractivity (Wildman–Crippen MR) is 48.5 cm³/mol. The first-order valence-electron chi connectivity index (χ1n) is 3.90. The van der Waals surface area contributed by atoms with Gasteiger partial charge in [0.15, 0.2) is 0 Å². The summed E-state index contributed by atoms with van der Waals surface area (Å²) in [5.74, 6) is 0. The maximum atomic E-state index is 8.74. The Labute approximate surface area is 72.6 Å². The second-order valence-electron chi connectivity index (χ2n) is 2.85. The summed E-state index contributed by atoms with van der Waals surface area (Å²) in [7, 11) is 0. The van der Waals surface area contributed by atoms with Crippen LogP contribution in [0.5, 0.6) is 0 Å². The predicted octanol–water partition coefficient (Wildman–Crippen LogP) is 1.63. The van der Waals surface area contributed by atoms with Crippen molar-refractivity contribution in [1.82, 2.24) is 0 Å². The van der Waals surface area contributed by atoms with Crippen LogP contribution in [0.4, 0.5) is 0 Å². The van der Waals surface area contributed by atoms with E-state index in [9.17, 15) is 0 Å². The Morgan fingerprint density at radius 3 is 2.58 bits per heavy atom. The van der Waals surface area contributed by atoms with Crippen molar-refractivity contribution in [2.75, 3.05) is 0 Å². The number of nitriles is 1. The fourth-order valence-corrected chi connectivity index (χ4v) is 1.33. The zero-order valence-corrected chi connectivity index (χ0v) is 7.39. The van der Waals surface area contributed by atoms with Crippen LogP contribution in [0.15, 0.2) is 12.1 Å². The maximum absolute atomic E-state index is 8.74. The van der Waals surface area contributed by atoms with Gasteiger partial charge in [0.2, 0.25) is 0 Å². The van der Waals surface area contributed by atoms with Crippen molar-refractivity contribution in [2.24, 2.45) is 5.73 Å². The lowest BCUT2D eigenvalue weighted by Gasteiger charge is -2.07. The number of benzene rings is 1. The topological polar surface area (TPSA) is 49.8 Å². The van der Waals surface area contributed by atoms with E-state index in [1.807, 2.05) is 26.0 Å². The fourth-order valence-electron chi connectivity index (χ4n) is 1.33. The van der Waals surface area contributed by atoms with E-state index in [1.54, 1.807) is 0 Å². The van der Waals surface area contributed by atoms with Crippen molar-refractivity contribution in [3.05, 3.63) is 34.4 Å². The third-order valence-corrected chi connectivity index (χ3v) is 2.16. The van der Waals surface area contributed by atoms with Crippen LogP contribution in [-0.4, -0.2) is 0 Å². The monoisotopic (exact) mass is 160 g/mol. The molecular weight excluding hydrogens is 148 g/mol. The number of rotatable bonds is 1. The number of nitrogens with zero attached hydrogens (tertiary/aromatic N) is 1. The molecule has 12 heavy (non-hydrogen) atoms. The highest BCUT2D eigenvalue weighted by Crippen LogP contribution is 2.16. The van der Waals surface area contributed by atoms with E-state index in [0.29, 0.717) is 6.54 Å². The minimum Gasteiger partial charge on any atom is -0.326 e. The van der Waals surface area contributed by atoms with Gasteiger partial charge < -0.3 is 5.73 Å². The molecule has 0 aliphatic carbocycles. The lowest BCUT2D eigenvalue weighted by molar-refractivity contribution is 1.02. The van der Waals surface area contributed by atoms with E-state index in [0.717, 1.165) is 22.3 Å². The molecule has 62 valence electrons. The van der Waals surface area contributed by atoms with Gasteiger partial charge in [0.1, 0.15) is 0 Å². The van der Waals surface area contributed by atoms with Crippen molar-refractivity contribution in [1.29, 1.82) is 5.26 Å². The van der Waals surface area contributed by atoms with Crippen LogP contribution in [0.2, 0.25) is 0 Å². The van der Waals surface area contributed by atoms with Crippen LogP contribution in [0.3, 0.4) is 0 Å². The van der Waals surface area contributed by atoms with Gasteiger partial charge in [0.25, 0.3) is 0 Å². The smallest absolute Gasteiger partial charge is 0.0994 e. The molecular formula is C10H12N2.